The van der Waals surface area contributed by atoms with Gasteiger partial charge in [0.15, 0.2) is 11.5 Å². The summed E-state index contributed by atoms with van der Waals surface area (Å²) in [6.45, 7) is 3.74. The lowest BCUT2D eigenvalue weighted by Gasteiger charge is -2.39. The molecule has 0 bridgehead atoms. The summed E-state index contributed by atoms with van der Waals surface area (Å²) in [6.07, 6.45) is 4.32. The number of fused-ring (bicyclic) bond motifs is 1. The summed E-state index contributed by atoms with van der Waals surface area (Å²) in [7, 11) is 4.25. The van der Waals surface area contributed by atoms with Gasteiger partial charge in [-0.15, -0.1) is 0 Å². The highest BCUT2D eigenvalue weighted by Crippen LogP contribution is 2.51. The van der Waals surface area contributed by atoms with Crippen molar-refractivity contribution >= 4 is 21.9 Å². The highest BCUT2D eigenvalue weighted by atomic mass is 79.9. The van der Waals surface area contributed by atoms with Crippen molar-refractivity contribution in [3.8, 4) is 11.5 Å². The molecule has 0 amide bonds. The van der Waals surface area contributed by atoms with E-state index in [-0.39, 0.29) is 5.56 Å². The van der Waals surface area contributed by atoms with E-state index in [1.165, 1.54) is 0 Å². The molecule has 1 heterocycles. The number of carbonyl (C=O) groups is 1. The van der Waals surface area contributed by atoms with Gasteiger partial charge in [0.05, 0.1) is 10.0 Å². The van der Waals surface area contributed by atoms with Gasteiger partial charge in [0.25, 0.3) is 5.79 Å². The van der Waals surface area contributed by atoms with Crippen LogP contribution >= 0.6 is 15.9 Å². The molecular formula is C18H24BrNO4. The zero-order chi connectivity index (χ0) is 17.6. The zero-order valence-corrected chi connectivity index (χ0v) is 16.1. The monoisotopic (exact) mass is 397 g/mol. The third-order valence-corrected chi connectivity index (χ3v) is 6.04. The van der Waals surface area contributed by atoms with Crippen molar-refractivity contribution in [3.63, 3.8) is 0 Å². The first-order valence-electron chi connectivity index (χ1n) is 8.33. The Labute approximate surface area is 151 Å². The zero-order valence-electron chi connectivity index (χ0n) is 14.6. The fourth-order valence-corrected chi connectivity index (χ4v) is 4.34. The number of carboxylic acids is 1. The van der Waals surface area contributed by atoms with Crippen molar-refractivity contribution in [2.45, 2.75) is 51.4 Å². The molecule has 132 valence electrons. The second-order valence-corrected chi connectivity index (χ2v) is 8.04. The average Bonchev–Trinajstić information content (AvgIpc) is 2.91. The Morgan fingerprint density at radius 1 is 1.25 bits per heavy atom. The van der Waals surface area contributed by atoms with Crippen LogP contribution in [-0.2, 0) is 0 Å². The van der Waals surface area contributed by atoms with Crippen molar-refractivity contribution in [1.82, 2.24) is 4.90 Å². The van der Waals surface area contributed by atoms with E-state index in [9.17, 15) is 9.90 Å². The van der Waals surface area contributed by atoms with Crippen LogP contribution in [0.5, 0.6) is 11.5 Å². The maximum absolute atomic E-state index is 11.4. The van der Waals surface area contributed by atoms with Crippen LogP contribution in [0.1, 0.15) is 48.5 Å². The van der Waals surface area contributed by atoms with Crippen LogP contribution in [-0.4, -0.2) is 41.9 Å². The fourth-order valence-electron chi connectivity index (χ4n) is 3.85. The van der Waals surface area contributed by atoms with E-state index in [0.717, 1.165) is 25.7 Å². The van der Waals surface area contributed by atoms with Crippen LogP contribution in [0.4, 0.5) is 0 Å². The Bertz CT molecular complexity index is 667. The van der Waals surface area contributed by atoms with Crippen molar-refractivity contribution < 1.29 is 19.4 Å². The van der Waals surface area contributed by atoms with Gasteiger partial charge in [-0.05, 0) is 68.7 Å². The quantitative estimate of drug-likeness (QED) is 0.832. The molecule has 0 radical (unpaired) electrons. The van der Waals surface area contributed by atoms with Crippen molar-refractivity contribution in [2.75, 3.05) is 14.1 Å². The van der Waals surface area contributed by atoms with Gasteiger partial charge in [-0.1, -0.05) is 0 Å². The van der Waals surface area contributed by atoms with Gasteiger partial charge in [0.1, 0.15) is 0 Å². The fraction of sp³-hybridized carbons (Fsp3) is 0.611. The molecule has 1 aromatic carbocycles. The Morgan fingerprint density at radius 2 is 1.83 bits per heavy atom. The summed E-state index contributed by atoms with van der Waals surface area (Å²) >= 11 is 3.43. The summed E-state index contributed by atoms with van der Waals surface area (Å²) in [6, 6.07) is 2.20. The predicted octanol–water partition coefficient (Wildman–Crippen LogP) is 4.06. The molecule has 3 rings (SSSR count). The standard InChI is InChI=1S/C18H24BrNO4/c1-10-13(17(21)22)9-14(19)16-15(10)23-18(2,24-16)11-5-7-12(8-6-11)20(3)4/h9,11-12H,5-8H2,1-4H3,(H,21,22). The van der Waals surface area contributed by atoms with Gasteiger partial charge < -0.3 is 19.5 Å². The first-order chi connectivity index (χ1) is 11.2. The van der Waals surface area contributed by atoms with Crippen molar-refractivity contribution in [1.29, 1.82) is 0 Å². The van der Waals surface area contributed by atoms with Gasteiger partial charge in [0.2, 0.25) is 0 Å². The van der Waals surface area contributed by atoms with E-state index in [2.05, 4.69) is 34.9 Å². The lowest BCUT2D eigenvalue weighted by Crippen LogP contribution is -2.46. The van der Waals surface area contributed by atoms with E-state index in [0.29, 0.717) is 33.5 Å². The smallest absolute Gasteiger partial charge is 0.336 e. The third kappa shape index (κ3) is 2.90. The summed E-state index contributed by atoms with van der Waals surface area (Å²) in [5.41, 5.74) is 0.858. The lowest BCUT2D eigenvalue weighted by molar-refractivity contribution is -0.123. The maximum Gasteiger partial charge on any atom is 0.336 e. The van der Waals surface area contributed by atoms with Gasteiger partial charge in [-0.2, -0.15) is 0 Å². The van der Waals surface area contributed by atoms with Crippen molar-refractivity contribution in [2.24, 2.45) is 5.92 Å². The predicted molar refractivity (Wildman–Crippen MR) is 94.9 cm³/mol. The minimum Gasteiger partial charge on any atom is -0.478 e. The number of ether oxygens (including phenoxy) is 2. The molecule has 6 heteroatoms. The largest absolute Gasteiger partial charge is 0.478 e. The molecule has 1 atom stereocenters. The molecule has 1 aromatic rings. The van der Waals surface area contributed by atoms with Gasteiger partial charge >= 0.3 is 5.97 Å². The molecule has 5 nitrogen and oxygen atoms in total. The second-order valence-electron chi connectivity index (χ2n) is 7.18. The normalized spacial score (nSPS) is 29.1. The van der Waals surface area contributed by atoms with Crippen LogP contribution in [0.25, 0.3) is 0 Å². The molecule has 1 aliphatic heterocycles. The van der Waals surface area contributed by atoms with Gasteiger partial charge in [-0.25, -0.2) is 4.79 Å². The minimum atomic E-state index is -0.959. The maximum atomic E-state index is 11.4. The molecule has 1 fully saturated rings. The van der Waals surface area contributed by atoms with E-state index in [1.54, 1.807) is 13.0 Å². The summed E-state index contributed by atoms with van der Waals surface area (Å²) < 4.78 is 13.0. The van der Waals surface area contributed by atoms with Crippen molar-refractivity contribution in [3.05, 3.63) is 21.7 Å². The van der Waals surface area contributed by atoms with Gasteiger partial charge in [0, 0.05) is 24.4 Å². The Morgan fingerprint density at radius 3 is 2.38 bits per heavy atom. The highest BCUT2D eigenvalue weighted by molar-refractivity contribution is 9.10. The molecular weight excluding hydrogens is 374 g/mol. The summed E-state index contributed by atoms with van der Waals surface area (Å²) in [5.74, 6) is -0.224. The number of rotatable bonds is 3. The van der Waals surface area contributed by atoms with E-state index in [1.807, 2.05) is 6.92 Å². The van der Waals surface area contributed by atoms with Crippen LogP contribution < -0.4 is 9.47 Å². The Balaban J connectivity index is 1.84. The van der Waals surface area contributed by atoms with Crippen LogP contribution in [0, 0.1) is 12.8 Å². The van der Waals surface area contributed by atoms with E-state index < -0.39 is 11.8 Å². The number of hydrogen-bond donors (Lipinski definition) is 1. The van der Waals surface area contributed by atoms with E-state index in [4.69, 9.17) is 9.47 Å². The molecule has 1 aliphatic carbocycles. The van der Waals surface area contributed by atoms with Crippen LogP contribution in [0.3, 0.4) is 0 Å². The molecule has 2 aliphatic rings. The Kier molecular flexibility index (Phi) is 4.55. The number of aromatic carboxylic acids is 1. The molecule has 24 heavy (non-hydrogen) atoms. The number of benzene rings is 1. The van der Waals surface area contributed by atoms with Crippen LogP contribution in [0.2, 0.25) is 0 Å². The number of carboxylic acid groups (broad SMARTS) is 1. The summed E-state index contributed by atoms with van der Waals surface area (Å²) in [4.78, 5) is 13.7. The lowest BCUT2D eigenvalue weighted by atomic mass is 9.81. The average molecular weight is 398 g/mol. The molecule has 0 aromatic heterocycles. The SMILES string of the molecule is Cc1c(C(=O)O)cc(Br)c2c1OC(C)(C1CCC(N(C)C)CC1)O2. The Hall–Kier alpha value is -1.27. The second kappa shape index (κ2) is 6.23. The van der Waals surface area contributed by atoms with Gasteiger partial charge in [-0.3, -0.25) is 0 Å². The number of hydrogen-bond acceptors (Lipinski definition) is 4. The minimum absolute atomic E-state index is 0.241. The highest BCUT2D eigenvalue weighted by Gasteiger charge is 2.47. The third-order valence-electron chi connectivity index (χ3n) is 5.45. The molecule has 1 N–H and O–H groups in total. The number of nitrogens with zero attached hydrogens (tertiary/aromatic N) is 1. The first kappa shape index (κ1) is 17.5. The molecule has 0 saturated heterocycles. The number of halogens is 1. The molecule has 1 saturated carbocycles. The van der Waals surface area contributed by atoms with E-state index >= 15 is 0 Å². The first-order valence-corrected chi connectivity index (χ1v) is 9.13. The topological polar surface area (TPSA) is 59.0 Å². The summed E-state index contributed by atoms with van der Waals surface area (Å²) in [5, 5.41) is 9.36. The van der Waals surface area contributed by atoms with Crippen LogP contribution in [0.15, 0.2) is 10.5 Å². The molecule has 0 spiro atoms. The molecule has 1 unspecified atom stereocenters.